The second-order valence-electron chi connectivity index (χ2n) is 10.8. The third-order valence-electron chi connectivity index (χ3n) is 8.34. The number of nitrogens with one attached hydrogen (secondary N) is 1. The monoisotopic (exact) mass is 521 g/mol. The average Bonchev–Trinajstić information content (AvgIpc) is 3.39. The lowest BCUT2D eigenvalue weighted by atomic mass is 9.86. The van der Waals surface area contributed by atoms with E-state index in [1.165, 1.54) is 16.7 Å². The Morgan fingerprint density at radius 2 is 1.77 bits per heavy atom. The first-order valence-corrected chi connectivity index (χ1v) is 14.1. The molecule has 1 unspecified atom stereocenters. The molecule has 1 N–H and O–H groups in total. The lowest BCUT2D eigenvalue weighted by Crippen LogP contribution is -2.38. The molecule has 1 amide bonds. The van der Waals surface area contributed by atoms with E-state index in [4.69, 9.17) is 4.74 Å². The fourth-order valence-corrected chi connectivity index (χ4v) is 6.18. The molecule has 1 atom stereocenters. The Kier molecular flexibility index (Phi) is 7.46. The Balaban J connectivity index is 1.03. The zero-order chi connectivity index (χ0) is 26.6. The van der Waals surface area contributed by atoms with E-state index in [1.54, 1.807) is 18.4 Å². The Bertz CT molecular complexity index is 1360. The number of hydrogen-bond acceptors (Lipinski definition) is 5. The highest BCUT2D eigenvalue weighted by molar-refractivity contribution is 5.96. The van der Waals surface area contributed by atoms with Crippen molar-refractivity contribution in [3.63, 3.8) is 0 Å². The largest absolute Gasteiger partial charge is 0.462 e. The zero-order valence-corrected chi connectivity index (χ0v) is 22.2. The van der Waals surface area contributed by atoms with Gasteiger partial charge in [0.15, 0.2) is 5.78 Å². The normalized spacial score (nSPS) is 21.3. The molecule has 2 aliphatic carbocycles. The van der Waals surface area contributed by atoms with Crippen molar-refractivity contribution in [3.8, 4) is 0 Å². The number of carbonyl (C=O) groups excluding carboxylic acids is 2. The number of rotatable bonds is 7. The van der Waals surface area contributed by atoms with Crippen molar-refractivity contribution in [1.82, 2.24) is 15.1 Å². The van der Waals surface area contributed by atoms with Crippen molar-refractivity contribution >= 4 is 11.7 Å². The van der Waals surface area contributed by atoms with Gasteiger partial charge in [0.05, 0.1) is 6.04 Å². The minimum Gasteiger partial charge on any atom is -0.462 e. The summed E-state index contributed by atoms with van der Waals surface area (Å²) in [6, 6.07) is 16.7. The first kappa shape index (κ1) is 25.4. The van der Waals surface area contributed by atoms with Crippen LogP contribution in [0.2, 0.25) is 0 Å². The number of carbonyl (C=O) groups is 2. The number of hydrogen-bond donors (Lipinski definition) is 1. The van der Waals surface area contributed by atoms with Gasteiger partial charge in [-0.15, -0.1) is 0 Å². The highest BCUT2D eigenvalue weighted by Crippen LogP contribution is 2.33. The van der Waals surface area contributed by atoms with Gasteiger partial charge in [-0.3, -0.25) is 9.59 Å². The second-order valence-corrected chi connectivity index (χ2v) is 10.8. The molecule has 1 saturated heterocycles. The smallest absolute Gasteiger partial charge is 0.252 e. The summed E-state index contributed by atoms with van der Waals surface area (Å²) in [5.74, 6) is 1.27. The molecule has 0 saturated carbocycles. The molecule has 6 rings (SSSR count). The van der Waals surface area contributed by atoms with Crippen LogP contribution in [-0.2, 0) is 16.0 Å². The van der Waals surface area contributed by atoms with Gasteiger partial charge in [-0.25, -0.2) is 0 Å². The fraction of sp³-hybridized carbons (Fsp3) is 0.333. The number of piperidine rings is 1. The Labute approximate surface area is 230 Å². The van der Waals surface area contributed by atoms with Crippen molar-refractivity contribution in [1.29, 1.82) is 0 Å². The summed E-state index contributed by atoms with van der Waals surface area (Å²) in [5.41, 5.74) is 5.52. The average molecular weight is 522 g/mol. The van der Waals surface area contributed by atoms with Gasteiger partial charge >= 0.3 is 0 Å². The molecule has 6 nitrogen and oxygen atoms in total. The highest BCUT2D eigenvalue weighted by Gasteiger charge is 2.28. The van der Waals surface area contributed by atoms with Crippen LogP contribution in [0.5, 0.6) is 0 Å². The first-order valence-electron chi connectivity index (χ1n) is 14.1. The quantitative estimate of drug-likeness (QED) is 0.530. The van der Waals surface area contributed by atoms with Gasteiger partial charge in [0.25, 0.3) is 5.91 Å². The van der Waals surface area contributed by atoms with Crippen LogP contribution in [0.3, 0.4) is 0 Å². The molecule has 0 aromatic heterocycles. The van der Waals surface area contributed by atoms with Crippen molar-refractivity contribution < 1.29 is 14.3 Å². The molecule has 1 fully saturated rings. The van der Waals surface area contributed by atoms with Crippen LogP contribution < -0.4 is 5.32 Å². The first-order chi connectivity index (χ1) is 19.1. The summed E-state index contributed by atoms with van der Waals surface area (Å²) in [4.78, 5) is 29.8. The van der Waals surface area contributed by atoms with Crippen LogP contribution in [0.25, 0.3) is 0 Å². The van der Waals surface area contributed by atoms with E-state index in [-0.39, 0.29) is 17.7 Å². The maximum Gasteiger partial charge on any atom is 0.252 e. The number of ketones is 1. The third kappa shape index (κ3) is 5.76. The molecule has 0 bridgehead atoms. The topological polar surface area (TPSA) is 61.9 Å². The summed E-state index contributed by atoms with van der Waals surface area (Å²) in [7, 11) is 0. The summed E-state index contributed by atoms with van der Waals surface area (Å²) in [6.45, 7) is 3.81. The van der Waals surface area contributed by atoms with E-state index in [0.717, 1.165) is 68.8 Å². The van der Waals surface area contributed by atoms with E-state index in [2.05, 4.69) is 51.5 Å². The van der Waals surface area contributed by atoms with Gasteiger partial charge in [0.2, 0.25) is 0 Å². The van der Waals surface area contributed by atoms with E-state index in [0.29, 0.717) is 12.3 Å². The van der Waals surface area contributed by atoms with Gasteiger partial charge in [-0.2, -0.15) is 0 Å². The molecule has 2 aromatic carbocycles. The molecule has 200 valence electrons. The van der Waals surface area contributed by atoms with E-state index < -0.39 is 0 Å². The number of amides is 1. The van der Waals surface area contributed by atoms with Gasteiger partial charge < -0.3 is 19.9 Å². The number of aryl methyl sites for hydroxylation is 1. The van der Waals surface area contributed by atoms with Gasteiger partial charge in [0.1, 0.15) is 12.0 Å². The van der Waals surface area contributed by atoms with Crippen LogP contribution in [-0.4, -0.2) is 47.7 Å². The number of benzene rings is 2. The number of fused-ring (bicyclic) bond motifs is 1. The minimum absolute atomic E-state index is 0.0432. The van der Waals surface area contributed by atoms with Gasteiger partial charge in [0, 0.05) is 43.0 Å². The maximum atomic E-state index is 13.4. The van der Waals surface area contributed by atoms with Crippen molar-refractivity contribution in [2.75, 3.05) is 26.2 Å². The predicted octanol–water partition coefficient (Wildman–Crippen LogP) is 5.38. The molecule has 2 aliphatic heterocycles. The third-order valence-corrected chi connectivity index (χ3v) is 8.34. The lowest BCUT2D eigenvalue weighted by Gasteiger charge is -2.34. The molecule has 0 spiro atoms. The molecule has 4 aliphatic rings. The van der Waals surface area contributed by atoms with Crippen LogP contribution in [0, 0.1) is 0 Å². The van der Waals surface area contributed by atoms with E-state index in [9.17, 15) is 9.59 Å². The van der Waals surface area contributed by atoms with Gasteiger partial charge in [-0.1, -0.05) is 54.6 Å². The Morgan fingerprint density at radius 1 is 0.974 bits per heavy atom. The fourth-order valence-electron chi connectivity index (χ4n) is 6.18. The highest BCUT2D eigenvalue weighted by atomic mass is 16.5. The zero-order valence-electron chi connectivity index (χ0n) is 22.2. The van der Waals surface area contributed by atoms with E-state index in [1.807, 2.05) is 30.6 Å². The lowest BCUT2D eigenvalue weighted by molar-refractivity contribution is -0.114. The van der Waals surface area contributed by atoms with Crippen molar-refractivity contribution in [2.45, 2.75) is 44.1 Å². The summed E-state index contributed by atoms with van der Waals surface area (Å²) in [6.07, 6.45) is 15.4. The Hall–Kier alpha value is -3.90. The molecule has 2 aromatic rings. The number of ether oxygens (including phenoxy) is 1. The molecule has 2 heterocycles. The Morgan fingerprint density at radius 3 is 2.62 bits per heavy atom. The van der Waals surface area contributed by atoms with E-state index >= 15 is 0 Å². The van der Waals surface area contributed by atoms with Crippen LogP contribution in [0.15, 0.2) is 96.8 Å². The standard InChI is InChI=1S/C33H35N3O3/c37-27-8-5-7-26(22-27)32-23-36(20-21-39-32)19-18-35-16-14-25(15-17-35)28-9-3-4-11-30(28)33(38)34-31-13-12-24-6-1-2-10-29(24)31/h1-11,20-21,23,25,31H,12-19,22H2,(H,34,38). The molecule has 0 radical (unpaired) electrons. The van der Waals surface area contributed by atoms with Crippen LogP contribution in [0.4, 0.5) is 0 Å². The summed E-state index contributed by atoms with van der Waals surface area (Å²) < 4.78 is 5.68. The van der Waals surface area contributed by atoms with Gasteiger partial charge in [-0.05, 0) is 73.5 Å². The minimum atomic E-state index is 0.0432. The summed E-state index contributed by atoms with van der Waals surface area (Å²) >= 11 is 0. The van der Waals surface area contributed by atoms with Crippen LogP contribution >= 0.6 is 0 Å². The maximum absolute atomic E-state index is 13.4. The van der Waals surface area contributed by atoms with Crippen LogP contribution in [0.1, 0.15) is 64.7 Å². The number of allylic oxidation sites excluding steroid dienone is 4. The summed E-state index contributed by atoms with van der Waals surface area (Å²) in [5, 5.41) is 3.32. The molecular weight excluding hydrogens is 486 g/mol. The number of nitrogens with zero attached hydrogens (tertiary/aromatic N) is 2. The molecule has 39 heavy (non-hydrogen) atoms. The molecular formula is C33H35N3O3. The number of likely N-dealkylation sites (tertiary alicyclic amines) is 1. The van der Waals surface area contributed by atoms with Crippen molar-refractivity contribution in [3.05, 3.63) is 119 Å². The SMILES string of the molecule is O=C1C=CC=C(C2=CN(CCN3CCC(c4ccccc4C(=O)NC4CCc5ccccc54)CC3)C=CO2)C1. The predicted molar refractivity (Wildman–Crippen MR) is 152 cm³/mol. The van der Waals surface area contributed by atoms with Crippen molar-refractivity contribution in [2.24, 2.45) is 0 Å². The molecule has 6 heteroatoms. The second kappa shape index (κ2) is 11.5.